The van der Waals surface area contributed by atoms with Crippen molar-refractivity contribution in [1.82, 2.24) is 4.57 Å². The van der Waals surface area contributed by atoms with Crippen LogP contribution in [0.2, 0.25) is 0 Å². The molecule has 0 atom stereocenters. The monoisotopic (exact) mass is 393 g/mol. The van der Waals surface area contributed by atoms with Crippen LogP contribution < -0.4 is 34.8 Å². The van der Waals surface area contributed by atoms with Crippen LogP contribution in [-0.2, 0) is 0 Å². The van der Waals surface area contributed by atoms with Gasteiger partial charge >= 0.3 is 18.9 Å². The molecule has 0 spiro atoms. The molecule has 136 valence electrons. The van der Waals surface area contributed by atoms with E-state index in [1.165, 1.54) is 10.6 Å². The van der Waals surface area contributed by atoms with Gasteiger partial charge in [0.1, 0.15) is 10.9 Å². The number of carbonyl (C=O) groups is 1. The Bertz CT molecular complexity index is 1310. The van der Waals surface area contributed by atoms with Gasteiger partial charge in [0.05, 0.1) is 33.5 Å². The number of rotatable bonds is 4. The number of para-hydroxylation sites is 2. The molecule has 2 aromatic heterocycles. The minimum Gasteiger partial charge on any atom is -0.544 e. The summed E-state index contributed by atoms with van der Waals surface area (Å²) in [6, 6.07) is 20.8. The number of carbonyl (C=O) groups excluding carboxylic acids is 1. The van der Waals surface area contributed by atoms with E-state index in [0.29, 0.717) is 32.8 Å². The number of aromatic nitrogens is 1. The van der Waals surface area contributed by atoms with Gasteiger partial charge in [-0.1, -0.05) is 30.3 Å². The Hall–Kier alpha value is -3.29. The predicted molar refractivity (Wildman–Crippen MR) is 106 cm³/mol. The second-order valence-electron chi connectivity index (χ2n) is 5.94. The summed E-state index contributed by atoms with van der Waals surface area (Å²) in [6.07, 6.45) is 0. The smallest absolute Gasteiger partial charge is 0.544 e. The molecule has 0 aliphatic heterocycles. The normalized spacial score (nSPS) is 10.2. The Kier molecular flexibility index (Phi) is 5.91. The number of thiophene rings is 1. The van der Waals surface area contributed by atoms with Crippen molar-refractivity contribution in [3.8, 4) is 11.8 Å². The molecular weight excluding hydrogens is 381 g/mol. The second kappa shape index (κ2) is 8.38. The maximum absolute atomic E-state index is 12.5. The number of nitriles is 1. The number of fused-ring (bicyclic) bond motifs is 1. The van der Waals surface area contributed by atoms with Gasteiger partial charge < -0.3 is 15.2 Å². The van der Waals surface area contributed by atoms with Crippen molar-refractivity contribution in [3.63, 3.8) is 0 Å². The molecule has 0 saturated carbocycles. The van der Waals surface area contributed by atoms with Crippen LogP contribution in [0.3, 0.4) is 0 Å². The summed E-state index contributed by atoms with van der Waals surface area (Å²) in [5, 5.41) is 24.7. The fourth-order valence-electron chi connectivity index (χ4n) is 3.00. The Morgan fingerprint density at radius 2 is 1.72 bits per heavy atom. The topological polar surface area (TPSA) is 98.0 Å². The van der Waals surface area contributed by atoms with E-state index in [0.717, 1.165) is 11.3 Å². The number of hydrogen-bond donors (Lipinski definition) is 1. The SMILES string of the molecule is N#Cc1ccccc1Nc1c(C(=O)[O-])sc2c1ccc(=O)n2-c1ccccc1.[Li+]. The Balaban J connectivity index is 0.00000240. The zero-order valence-electron chi connectivity index (χ0n) is 15.4. The molecule has 0 fully saturated rings. The van der Waals surface area contributed by atoms with E-state index >= 15 is 0 Å². The molecule has 1 N–H and O–H groups in total. The van der Waals surface area contributed by atoms with Gasteiger partial charge in [-0.2, -0.15) is 5.26 Å². The number of hydrogen-bond acceptors (Lipinski definition) is 6. The number of nitrogens with one attached hydrogen (secondary N) is 1. The molecule has 4 aromatic rings. The van der Waals surface area contributed by atoms with E-state index < -0.39 is 5.97 Å². The predicted octanol–water partition coefficient (Wildman–Crippen LogP) is 0.0350. The summed E-state index contributed by atoms with van der Waals surface area (Å²) in [5.74, 6) is -1.36. The Labute approximate surface area is 181 Å². The van der Waals surface area contributed by atoms with Gasteiger partial charge in [-0.3, -0.25) is 9.36 Å². The minimum atomic E-state index is -1.36. The number of pyridine rings is 1. The molecule has 0 saturated heterocycles. The van der Waals surface area contributed by atoms with Gasteiger partial charge in [-0.15, -0.1) is 11.3 Å². The first kappa shape index (κ1) is 20.4. The molecule has 8 heteroatoms. The molecule has 0 unspecified atom stereocenters. The summed E-state index contributed by atoms with van der Waals surface area (Å²) in [5.41, 5.74) is 1.52. The first-order chi connectivity index (χ1) is 13.6. The Morgan fingerprint density at radius 1 is 1.03 bits per heavy atom. The van der Waals surface area contributed by atoms with Crippen molar-refractivity contribution < 1.29 is 28.8 Å². The van der Waals surface area contributed by atoms with E-state index in [-0.39, 0.29) is 29.3 Å². The molecule has 4 rings (SSSR count). The third kappa shape index (κ3) is 3.70. The Morgan fingerprint density at radius 3 is 2.41 bits per heavy atom. The summed E-state index contributed by atoms with van der Waals surface area (Å²) < 4.78 is 1.47. The summed E-state index contributed by atoms with van der Waals surface area (Å²) in [7, 11) is 0. The standard InChI is InChI=1S/C21H13N3O3S.Li/c22-12-13-6-4-5-9-16(13)23-18-15-10-11-17(25)24(14-7-2-1-3-8-14)20(15)28-19(18)21(26)27;/h1-11,23H,(H,26,27);/q;+1/p-1. The number of benzene rings is 2. The molecule has 0 bridgehead atoms. The third-order valence-electron chi connectivity index (χ3n) is 4.25. The summed E-state index contributed by atoms with van der Waals surface area (Å²) in [4.78, 5) is 24.7. The average molecular weight is 393 g/mol. The van der Waals surface area contributed by atoms with Gasteiger partial charge in [-0.05, 0) is 30.3 Å². The van der Waals surface area contributed by atoms with Gasteiger partial charge in [0.15, 0.2) is 0 Å². The van der Waals surface area contributed by atoms with Crippen LogP contribution in [0, 0.1) is 11.3 Å². The van der Waals surface area contributed by atoms with Crippen LogP contribution in [-0.4, -0.2) is 10.5 Å². The fourth-order valence-corrected chi connectivity index (χ4v) is 4.10. The molecule has 2 aromatic carbocycles. The molecule has 0 amide bonds. The molecule has 0 radical (unpaired) electrons. The van der Waals surface area contributed by atoms with Gasteiger partial charge in [0.25, 0.3) is 5.56 Å². The molecule has 2 heterocycles. The first-order valence-electron chi connectivity index (χ1n) is 8.31. The van der Waals surface area contributed by atoms with Crippen LogP contribution in [0.1, 0.15) is 15.2 Å². The maximum atomic E-state index is 12.5. The van der Waals surface area contributed by atoms with Crippen molar-refractivity contribution in [2.75, 3.05) is 5.32 Å². The van der Waals surface area contributed by atoms with Crippen LogP contribution in [0.5, 0.6) is 0 Å². The van der Waals surface area contributed by atoms with Crippen LogP contribution in [0.25, 0.3) is 15.9 Å². The average Bonchev–Trinajstić information content (AvgIpc) is 3.07. The van der Waals surface area contributed by atoms with Gasteiger partial charge in [-0.25, -0.2) is 0 Å². The number of anilines is 2. The van der Waals surface area contributed by atoms with Crippen LogP contribution in [0.4, 0.5) is 11.4 Å². The van der Waals surface area contributed by atoms with E-state index in [9.17, 15) is 20.0 Å². The molecule has 29 heavy (non-hydrogen) atoms. The number of aromatic carboxylic acids is 1. The van der Waals surface area contributed by atoms with Crippen LogP contribution in [0.15, 0.2) is 71.5 Å². The number of nitrogens with zero attached hydrogens (tertiary/aromatic N) is 2. The third-order valence-corrected chi connectivity index (χ3v) is 5.42. The molecule has 6 nitrogen and oxygen atoms in total. The van der Waals surface area contributed by atoms with Crippen molar-refractivity contribution in [2.24, 2.45) is 0 Å². The van der Waals surface area contributed by atoms with E-state index in [1.54, 1.807) is 54.6 Å². The van der Waals surface area contributed by atoms with E-state index in [4.69, 9.17) is 0 Å². The van der Waals surface area contributed by atoms with Crippen molar-refractivity contribution in [1.29, 1.82) is 5.26 Å². The van der Waals surface area contributed by atoms with Gasteiger partial charge in [0.2, 0.25) is 0 Å². The molecular formula is C21H12LiN3O3S. The minimum absolute atomic E-state index is 0. The maximum Gasteiger partial charge on any atom is 1.00 e. The number of carboxylic acid groups (broad SMARTS) is 1. The zero-order valence-corrected chi connectivity index (χ0v) is 16.2. The van der Waals surface area contributed by atoms with Crippen molar-refractivity contribution in [3.05, 3.63) is 87.5 Å². The number of carboxylic acids is 1. The molecule has 0 aliphatic rings. The fraction of sp³-hybridized carbons (Fsp3) is 0. The molecule has 0 aliphatic carbocycles. The van der Waals surface area contributed by atoms with Crippen molar-refractivity contribution >= 4 is 38.9 Å². The van der Waals surface area contributed by atoms with E-state index in [1.807, 2.05) is 6.07 Å². The second-order valence-corrected chi connectivity index (χ2v) is 6.94. The zero-order chi connectivity index (χ0) is 19.7. The van der Waals surface area contributed by atoms with E-state index in [2.05, 4.69) is 11.4 Å². The summed E-state index contributed by atoms with van der Waals surface area (Å²) >= 11 is 0.956. The van der Waals surface area contributed by atoms with Crippen LogP contribution >= 0.6 is 11.3 Å². The summed E-state index contributed by atoms with van der Waals surface area (Å²) in [6.45, 7) is 0. The van der Waals surface area contributed by atoms with Crippen molar-refractivity contribution in [2.45, 2.75) is 0 Å². The first-order valence-corrected chi connectivity index (χ1v) is 9.13. The van der Waals surface area contributed by atoms with Gasteiger partial charge in [0, 0.05) is 11.5 Å². The largest absolute Gasteiger partial charge is 1.00 e. The quantitative estimate of drug-likeness (QED) is 0.494.